The molecule has 0 saturated heterocycles. The minimum absolute atomic E-state index is 0.183. The van der Waals surface area contributed by atoms with Gasteiger partial charge in [0.2, 0.25) is 0 Å². The van der Waals surface area contributed by atoms with E-state index in [4.69, 9.17) is 4.74 Å². The molecular formula is C14H20O2. The zero-order chi connectivity index (χ0) is 11.8. The van der Waals surface area contributed by atoms with Crippen LogP contribution in [-0.4, -0.2) is 12.4 Å². The van der Waals surface area contributed by atoms with Crippen molar-refractivity contribution in [1.29, 1.82) is 0 Å². The summed E-state index contributed by atoms with van der Waals surface area (Å²) in [6, 6.07) is 7.79. The number of hydrogen-bond acceptors (Lipinski definition) is 2. The minimum Gasteiger partial charge on any atom is -0.494 e. The van der Waals surface area contributed by atoms with Crippen LogP contribution in [0.2, 0.25) is 0 Å². The molecule has 0 aromatic heterocycles. The van der Waals surface area contributed by atoms with Crippen molar-refractivity contribution in [1.82, 2.24) is 0 Å². The SMILES string of the molecule is CCCCCOc1cccc(CC(C)=O)c1. The van der Waals surface area contributed by atoms with Crippen LogP contribution in [0, 0.1) is 0 Å². The lowest BCUT2D eigenvalue weighted by molar-refractivity contribution is -0.116. The number of ketones is 1. The van der Waals surface area contributed by atoms with Crippen molar-refractivity contribution >= 4 is 5.78 Å². The number of Topliss-reactive ketones (excluding diaryl/α,β-unsaturated/α-hetero) is 1. The summed E-state index contributed by atoms with van der Waals surface area (Å²) in [5.41, 5.74) is 1.03. The number of benzene rings is 1. The second-order valence-corrected chi connectivity index (χ2v) is 4.08. The van der Waals surface area contributed by atoms with E-state index in [1.54, 1.807) is 6.92 Å². The van der Waals surface area contributed by atoms with Crippen LogP contribution in [0.25, 0.3) is 0 Å². The average molecular weight is 220 g/mol. The van der Waals surface area contributed by atoms with E-state index in [2.05, 4.69) is 6.92 Å². The van der Waals surface area contributed by atoms with Crippen LogP contribution in [0.1, 0.15) is 38.7 Å². The molecule has 0 saturated carbocycles. The Hall–Kier alpha value is -1.31. The molecule has 88 valence electrons. The van der Waals surface area contributed by atoms with Crippen molar-refractivity contribution in [3.8, 4) is 5.75 Å². The van der Waals surface area contributed by atoms with Gasteiger partial charge >= 0.3 is 0 Å². The summed E-state index contributed by atoms with van der Waals surface area (Å²) < 4.78 is 5.62. The standard InChI is InChI=1S/C14H20O2/c1-3-4-5-9-16-14-8-6-7-13(11-14)10-12(2)15/h6-8,11H,3-5,9-10H2,1-2H3. The van der Waals surface area contributed by atoms with Gasteiger partial charge in [-0.3, -0.25) is 4.79 Å². The fourth-order valence-corrected chi connectivity index (χ4v) is 1.57. The summed E-state index contributed by atoms with van der Waals surface area (Å²) in [5.74, 6) is 1.05. The van der Waals surface area contributed by atoms with E-state index in [1.807, 2.05) is 24.3 Å². The molecule has 2 heteroatoms. The van der Waals surface area contributed by atoms with Gasteiger partial charge in [0.15, 0.2) is 0 Å². The molecule has 0 aliphatic rings. The van der Waals surface area contributed by atoms with Gasteiger partial charge in [0.05, 0.1) is 6.61 Å². The topological polar surface area (TPSA) is 26.3 Å². The molecule has 0 bridgehead atoms. The van der Waals surface area contributed by atoms with Crippen LogP contribution in [-0.2, 0) is 11.2 Å². The highest BCUT2D eigenvalue weighted by atomic mass is 16.5. The Bertz CT molecular complexity index is 331. The van der Waals surface area contributed by atoms with E-state index in [-0.39, 0.29) is 5.78 Å². The average Bonchev–Trinajstić information content (AvgIpc) is 2.24. The van der Waals surface area contributed by atoms with Crippen LogP contribution in [0.3, 0.4) is 0 Å². The number of carbonyl (C=O) groups is 1. The summed E-state index contributed by atoms with van der Waals surface area (Å²) in [5, 5.41) is 0. The number of unbranched alkanes of at least 4 members (excludes halogenated alkanes) is 2. The lowest BCUT2D eigenvalue weighted by Crippen LogP contribution is -1.99. The van der Waals surface area contributed by atoms with Crippen LogP contribution in [0.5, 0.6) is 5.75 Å². The van der Waals surface area contributed by atoms with Gasteiger partial charge in [0, 0.05) is 6.42 Å². The summed E-state index contributed by atoms with van der Waals surface area (Å²) in [4.78, 5) is 11.0. The summed E-state index contributed by atoms with van der Waals surface area (Å²) >= 11 is 0. The maximum atomic E-state index is 11.0. The maximum absolute atomic E-state index is 11.0. The highest BCUT2D eigenvalue weighted by Gasteiger charge is 1.99. The Balaban J connectivity index is 2.44. The van der Waals surface area contributed by atoms with E-state index in [0.717, 1.165) is 24.3 Å². The van der Waals surface area contributed by atoms with E-state index in [9.17, 15) is 4.79 Å². The Morgan fingerprint density at radius 1 is 1.31 bits per heavy atom. The Morgan fingerprint density at radius 3 is 2.81 bits per heavy atom. The molecule has 0 amide bonds. The smallest absolute Gasteiger partial charge is 0.134 e. The first kappa shape index (κ1) is 12.8. The molecule has 1 aromatic rings. The lowest BCUT2D eigenvalue weighted by atomic mass is 10.1. The van der Waals surface area contributed by atoms with Gasteiger partial charge in [-0.1, -0.05) is 31.9 Å². The Labute approximate surface area is 97.6 Å². The van der Waals surface area contributed by atoms with Gasteiger partial charge in [-0.05, 0) is 31.0 Å². The number of rotatable bonds is 7. The fraction of sp³-hybridized carbons (Fsp3) is 0.500. The highest BCUT2D eigenvalue weighted by Crippen LogP contribution is 2.14. The molecular weight excluding hydrogens is 200 g/mol. The van der Waals surface area contributed by atoms with Crippen molar-refractivity contribution in [2.45, 2.75) is 39.5 Å². The molecule has 0 aliphatic carbocycles. The molecule has 0 radical (unpaired) electrons. The van der Waals surface area contributed by atoms with Crippen LogP contribution >= 0.6 is 0 Å². The second kappa shape index (κ2) is 7.04. The van der Waals surface area contributed by atoms with Gasteiger partial charge in [0.1, 0.15) is 11.5 Å². The van der Waals surface area contributed by atoms with Crippen molar-refractivity contribution < 1.29 is 9.53 Å². The monoisotopic (exact) mass is 220 g/mol. The predicted molar refractivity (Wildman–Crippen MR) is 65.8 cm³/mol. The lowest BCUT2D eigenvalue weighted by Gasteiger charge is -2.07. The third-order valence-corrected chi connectivity index (χ3v) is 2.37. The summed E-state index contributed by atoms with van der Waals surface area (Å²) in [6.07, 6.45) is 3.99. The maximum Gasteiger partial charge on any atom is 0.134 e. The van der Waals surface area contributed by atoms with E-state index in [1.165, 1.54) is 12.8 Å². The van der Waals surface area contributed by atoms with Gasteiger partial charge in [0.25, 0.3) is 0 Å². The molecule has 16 heavy (non-hydrogen) atoms. The Kier molecular flexibility index (Phi) is 5.62. The van der Waals surface area contributed by atoms with Gasteiger partial charge in [-0.15, -0.1) is 0 Å². The molecule has 1 rings (SSSR count). The number of carbonyl (C=O) groups excluding carboxylic acids is 1. The van der Waals surface area contributed by atoms with E-state index >= 15 is 0 Å². The zero-order valence-corrected chi connectivity index (χ0v) is 10.2. The van der Waals surface area contributed by atoms with E-state index in [0.29, 0.717) is 6.42 Å². The van der Waals surface area contributed by atoms with Gasteiger partial charge < -0.3 is 4.74 Å². The highest BCUT2D eigenvalue weighted by molar-refractivity contribution is 5.78. The van der Waals surface area contributed by atoms with Crippen molar-refractivity contribution in [2.75, 3.05) is 6.61 Å². The molecule has 0 heterocycles. The quantitative estimate of drug-likeness (QED) is 0.658. The molecule has 0 atom stereocenters. The van der Waals surface area contributed by atoms with Crippen LogP contribution in [0.15, 0.2) is 24.3 Å². The van der Waals surface area contributed by atoms with Crippen molar-refractivity contribution in [3.05, 3.63) is 29.8 Å². The predicted octanol–water partition coefficient (Wildman–Crippen LogP) is 3.39. The third kappa shape index (κ3) is 4.96. The summed E-state index contributed by atoms with van der Waals surface area (Å²) in [7, 11) is 0. The van der Waals surface area contributed by atoms with Crippen LogP contribution < -0.4 is 4.74 Å². The first-order valence-corrected chi connectivity index (χ1v) is 5.93. The number of ether oxygens (including phenoxy) is 1. The summed E-state index contributed by atoms with van der Waals surface area (Å²) in [6.45, 7) is 4.54. The molecule has 1 aromatic carbocycles. The molecule has 0 aliphatic heterocycles. The largest absolute Gasteiger partial charge is 0.494 e. The van der Waals surface area contributed by atoms with Crippen molar-refractivity contribution in [2.24, 2.45) is 0 Å². The third-order valence-electron chi connectivity index (χ3n) is 2.37. The fourth-order valence-electron chi connectivity index (χ4n) is 1.57. The molecule has 0 spiro atoms. The molecule has 2 nitrogen and oxygen atoms in total. The minimum atomic E-state index is 0.183. The zero-order valence-electron chi connectivity index (χ0n) is 10.2. The second-order valence-electron chi connectivity index (χ2n) is 4.08. The molecule has 0 unspecified atom stereocenters. The van der Waals surface area contributed by atoms with Crippen molar-refractivity contribution in [3.63, 3.8) is 0 Å². The Morgan fingerprint density at radius 2 is 2.12 bits per heavy atom. The molecule has 0 fully saturated rings. The van der Waals surface area contributed by atoms with Crippen LogP contribution in [0.4, 0.5) is 0 Å². The first-order chi connectivity index (χ1) is 7.72. The van der Waals surface area contributed by atoms with Gasteiger partial charge in [-0.2, -0.15) is 0 Å². The normalized spacial score (nSPS) is 10.1. The number of hydrogen-bond donors (Lipinski definition) is 0. The van der Waals surface area contributed by atoms with E-state index < -0.39 is 0 Å². The molecule has 0 N–H and O–H groups in total. The van der Waals surface area contributed by atoms with Gasteiger partial charge in [-0.25, -0.2) is 0 Å². The first-order valence-electron chi connectivity index (χ1n) is 5.93.